The number of hydrogen-bond donors (Lipinski definition) is 1. The highest BCUT2D eigenvalue weighted by molar-refractivity contribution is 7.91. The van der Waals surface area contributed by atoms with E-state index in [9.17, 15) is 8.42 Å². The average Bonchev–Trinajstić information content (AvgIpc) is 2.80. The Hall–Kier alpha value is -0.870. The minimum absolute atomic E-state index is 0.115. The number of aryl methyl sites for hydroxylation is 1. The summed E-state index contributed by atoms with van der Waals surface area (Å²) < 4.78 is 23.6. The van der Waals surface area contributed by atoms with Gasteiger partial charge in [-0.15, -0.1) is 0 Å². The van der Waals surface area contributed by atoms with Gasteiger partial charge in [-0.05, 0) is 44.2 Å². The second-order valence-corrected chi connectivity index (χ2v) is 8.37. The summed E-state index contributed by atoms with van der Waals surface area (Å²) >= 11 is 0. The smallest absolute Gasteiger partial charge is 0.151 e. The van der Waals surface area contributed by atoms with Crippen LogP contribution in [0.25, 0.3) is 0 Å². The van der Waals surface area contributed by atoms with E-state index < -0.39 is 9.84 Å². The third kappa shape index (κ3) is 3.83. The van der Waals surface area contributed by atoms with Gasteiger partial charge >= 0.3 is 0 Å². The summed E-state index contributed by atoms with van der Waals surface area (Å²) in [6.45, 7) is 4.26. The fraction of sp³-hybridized carbons (Fsp3) is 0.625. The maximum Gasteiger partial charge on any atom is 0.151 e. The third-order valence-corrected chi connectivity index (χ3v) is 5.95. The van der Waals surface area contributed by atoms with Gasteiger partial charge in [0.05, 0.1) is 5.25 Å². The zero-order chi connectivity index (χ0) is 14.8. The summed E-state index contributed by atoms with van der Waals surface area (Å²) in [5, 5.41) is 3.33. The number of rotatable bonds is 5. The van der Waals surface area contributed by atoms with E-state index in [-0.39, 0.29) is 11.3 Å². The lowest BCUT2D eigenvalue weighted by Gasteiger charge is -2.24. The highest BCUT2D eigenvalue weighted by Gasteiger charge is 2.35. The monoisotopic (exact) mass is 295 g/mol. The maximum atomic E-state index is 11.8. The molecule has 1 aliphatic carbocycles. The van der Waals surface area contributed by atoms with Crippen molar-refractivity contribution in [3.8, 4) is 0 Å². The normalized spacial score (nSPS) is 24.8. The lowest BCUT2D eigenvalue weighted by Crippen LogP contribution is -2.45. The lowest BCUT2D eigenvalue weighted by molar-refractivity contribution is 0.444. The van der Waals surface area contributed by atoms with E-state index in [4.69, 9.17) is 0 Å². The van der Waals surface area contributed by atoms with Crippen LogP contribution in [0.15, 0.2) is 24.3 Å². The number of hydrogen-bond acceptors (Lipinski definition) is 3. The van der Waals surface area contributed by atoms with Crippen LogP contribution in [-0.4, -0.2) is 32.0 Å². The van der Waals surface area contributed by atoms with Gasteiger partial charge in [0.25, 0.3) is 0 Å². The molecule has 0 spiro atoms. The Bertz CT molecular complexity index is 553. The predicted molar refractivity (Wildman–Crippen MR) is 83.8 cm³/mol. The molecule has 1 fully saturated rings. The molecule has 0 aromatic heterocycles. The van der Waals surface area contributed by atoms with E-state index >= 15 is 0 Å². The van der Waals surface area contributed by atoms with Crippen LogP contribution >= 0.6 is 0 Å². The summed E-state index contributed by atoms with van der Waals surface area (Å²) in [6, 6.07) is 8.79. The molecule has 1 saturated carbocycles. The molecule has 1 aliphatic rings. The Balaban J connectivity index is 1.98. The molecule has 0 radical (unpaired) electrons. The topological polar surface area (TPSA) is 46.2 Å². The SMILES string of the molecule is Cc1ccccc1CC(C)NC1CCCC1S(C)(=O)=O. The second-order valence-electron chi connectivity index (χ2n) is 6.10. The Morgan fingerprint density at radius 2 is 2.00 bits per heavy atom. The lowest BCUT2D eigenvalue weighted by atomic mass is 10.0. The van der Waals surface area contributed by atoms with Crippen LogP contribution in [0.2, 0.25) is 0 Å². The largest absolute Gasteiger partial charge is 0.310 e. The molecule has 1 aromatic carbocycles. The van der Waals surface area contributed by atoms with Gasteiger partial charge in [-0.1, -0.05) is 30.7 Å². The molecular weight excluding hydrogens is 270 g/mol. The molecule has 3 unspecified atom stereocenters. The first-order chi connectivity index (χ1) is 9.38. The minimum Gasteiger partial charge on any atom is -0.310 e. The molecule has 4 heteroatoms. The van der Waals surface area contributed by atoms with Crippen molar-refractivity contribution in [1.29, 1.82) is 0 Å². The van der Waals surface area contributed by atoms with Crippen LogP contribution < -0.4 is 5.32 Å². The van der Waals surface area contributed by atoms with Gasteiger partial charge in [-0.25, -0.2) is 8.42 Å². The van der Waals surface area contributed by atoms with Crippen LogP contribution in [0.1, 0.15) is 37.3 Å². The van der Waals surface area contributed by atoms with Crippen molar-refractivity contribution in [2.24, 2.45) is 0 Å². The summed E-state index contributed by atoms with van der Waals surface area (Å²) in [7, 11) is -2.94. The van der Waals surface area contributed by atoms with E-state index in [1.807, 2.05) is 6.07 Å². The zero-order valence-electron chi connectivity index (χ0n) is 12.6. The van der Waals surface area contributed by atoms with Crippen molar-refractivity contribution >= 4 is 9.84 Å². The van der Waals surface area contributed by atoms with Crippen LogP contribution in [0, 0.1) is 6.92 Å². The first-order valence-corrected chi connectivity index (χ1v) is 9.33. The van der Waals surface area contributed by atoms with Gasteiger partial charge in [0.1, 0.15) is 0 Å². The Labute approximate surface area is 122 Å². The van der Waals surface area contributed by atoms with Gasteiger partial charge in [-0.2, -0.15) is 0 Å². The molecule has 0 amide bonds. The van der Waals surface area contributed by atoms with E-state index in [1.165, 1.54) is 17.4 Å². The molecule has 0 aliphatic heterocycles. The van der Waals surface area contributed by atoms with Crippen LogP contribution in [0.3, 0.4) is 0 Å². The van der Waals surface area contributed by atoms with Gasteiger partial charge in [0.2, 0.25) is 0 Å². The van der Waals surface area contributed by atoms with Crippen molar-refractivity contribution in [3.05, 3.63) is 35.4 Å². The Kier molecular flexibility index (Phi) is 4.86. The molecule has 3 atom stereocenters. The highest BCUT2D eigenvalue weighted by atomic mass is 32.2. The zero-order valence-corrected chi connectivity index (χ0v) is 13.4. The van der Waals surface area contributed by atoms with Crippen LogP contribution in [-0.2, 0) is 16.3 Å². The fourth-order valence-corrected chi connectivity index (χ4v) is 4.63. The fourth-order valence-electron chi connectivity index (χ4n) is 3.22. The van der Waals surface area contributed by atoms with Crippen molar-refractivity contribution in [1.82, 2.24) is 5.32 Å². The van der Waals surface area contributed by atoms with Gasteiger partial charge in [0, 0.05) is 18.3 Å². The van der Waals surface area contributed by atoms with Gasteiger partial charge < -0.3 is 5.32 Å². The van der Waals surface area contributed by atoms with Crippen molar-refractivity contribution in [2.75, 3.05) is 6.26 Å². The Morgan fingerprint density at radius 3 is 2.65 bits per heavy atom. The number of sulfone groups is 1. The molecular formula is C16H25NO2S. The summed E-state index contributed by atoms with van der Waals surface area (Å²) in [4.78, 5) is 0. The third-order valence-electron chi connectivity index (χ3n) is 4.29. The molecule has 1 aromatic rings. The number of nitrogens with one attached hydrogen (secondary N) is 1. The summed E-state index contributed by atoms with van der Waals surface area (Å²) in [5.41, 5.74) is 2.63. The molecule has 0 saturated heterocycles. The Morgan fingerprint density at radius 1 is 1.30 bits per heavy atom. The van der Waals surface area contributed by atoms with E-state index in [2.05, 4.69) is 37.4 Å². The molecule has 0 heterocycles. The molecule has 3 nitrogen and oxygen atoms in total. The van der Waals surface area contributed by atoms with E-state index in [0.717, 1.165) is 25.7 Å². The predicted octanol–water partition coefficient (Wildman–Crippen LogP) is 2.48. The maximum absolute atomic E-state index is 11.8. The summed E-state index contributed by atoms with van der Waals surface area (Å²) in [6.07, 6.45) is 5.08. The van der Waals surface area contributed by atoms with E-state index in [0.29, 0.717) is 6.04 Å². The van der Waals surface area contributed by atoms with E-state index in [1.54, 1.807) is 0 Å². The standard InChI is InChI=1S/C16H25NO2S/c1-12-7-4-5-8-14(12)11-13(2)17-15-9-6-10-16(15)20(3,18)19/h4-5,7-8,13,15-17H,6,9-11H2,1-3H3. The van der Waals surface area contributed by atoms with Gasteiger partial charge in [-0.3, -0.25) is 0 Å². The van der Waals surface area contributed by atoms with Crippen LogP contribution in [0.4, 0.5) is 0 Å². The second kappa shape index (κ2) is 6.27. The quantitative estimate of drug-likeness (QED) is 0.908. The molecule has 1 N–H and O–H groups in total. The molecule has 0 bridgehead atoms. The van der Waals surface area contributed by atoms with Crippen molar-refractivity contribution in [3.63, 3.8) is 0 Å². The van der Waals surface area contributed by atoms with Crippen molar-refractivity contribution in [2.45, 2.75) is 56.9 Å². The number of benzene rings is 1. The molecule has 20 heavy (non-hydrogen) atoms. The first-order valence-electron chi connectivity index (χ1n) is 7.37. The summed E-state index contributed by atoms with van der Waals surface area (Å²) in [5.74, 6) is 0. The van der Waals surface area contributed by atoms with Gasteiger partial charge in [0.15, 0.2) is 9.84 Å². The molecule has 112 valence electrons. The first kappa shape index (κ1) is 15.5. The minimum atomic E-state index is -2.94. The van der Waals surface area contributed by atoms with Crippen molar-refractivity contribution < 1.29 is 8.42 Å². The average molecular weight is 295 g/mol. The molecule has 2 rings (SSSR count). The highest BCUT2D eigenvalue weighted by Crippen LogP contribution is 2.25. The van der Waals surface area contributed by atoms with Crippen LogP contribution in [0.5, 0.6) is 0 Å².